The fourth-order valence-corrected chi connectivity index (χ4v) is 2.26. The largest absolute Gasteiger partial charge is 0.383 e. The van der Waals surface area contributed by atoms with Crippen molar-refractivity contribution in [2.24, 2.45) is 5.41 Å². The topological polar surface area (TPSA) is 24.5 Å². The van der Waals surface area contributed by atoms with Crippen LogP contribution in [0.3, 0.4) is 0 Å². The van der Waals surface area contributed by atoms with E-state index in [0.717, 1.165) is 17.8 Å². The molecule has 0 aliphatic carbocycles. The Hall–Kier alpha value is -1.13. The zero-order chi connectivity index (χ0) is 15.2. The number of anilines is 1. The quantitative estimate of drug-likeness (QED) is 0.778. The molecule has 0 fully saturated rings. The number of ether oxygens (including phenoxy) is 1. The molecule has 114 valence electrons. The van der Waals surface area contributed by atoms with Gasteiger partial charge in [0.2, 0.25) is 0 Å². The fourth-order valence-electron chi connectivity index (χ4n) is 2.26. The summed E-state index contributed by atoms with van der Waals surface area (Å²) >= 11 is 0. The van der Waals surface area contributed by atoms with Gasteiger partial charge in [-0.1, -0.05) is 26.8 Å². The second-order valence-electron chi connectivity index (χ2n) is 6.32. The van der Waals surface area contributed by atoms with Gasteiger partial charge in [-0.3, -0.25) is 0 Å². The number of hydrogen-bond donors (Lipinski definition) is 1. The molecule has 0 unspecified atom stereocenters. The van der Waals surface area contributed by atoms with Crippen LogP contribution >= 0.6 is 0 Å². The highest BCUT2D eigenvalue weighted by Gasteiger charge is 2.17. The number of rotatable bonds is 7. The lowest BCUT2D eigenvalue weighted by molar-refractivity contribution is 0.199. The molecule has 3 nitrogen and oxygen atoms in total. The summed E-state index contributed by atoms with van der Waals surface area (Å²) in [6.07, 6.45) is 0. The highest BCUT2D eigenvalue weighted by atomic mass is 19.1. The highest BCUT2D eigenvalue weighted by Crippen LogP contribution is 2.25. The van der Waals surface area contributed by atoms with Gasteiger partial charge >= 0.3 is 0 Å². The number of methoxy groups -OCH3 is 1. The predicted octanol–water partition coefficient (Wildman–Crippen LogP) is 3.04. The Morgan fingerprint density at radius 2 is 2.00 bits per heavy atom. The van der Waals surface area contributed by atoms with E-state index in [2.05, 4.69) is 31.0 Å². The summed E-state index contributed by atoms with van der Waals surface area (Å²) in [7, 11) is 3.67. The van der Waals surface area contributed by atoms with Crippen molar-refractivity contribution in [3.8, 4) is 0 Å². The summed E-state index contributed by atoms with van der Waals surface area (Å²) in [5, 5.41) is 3.21. The van der Waals surface area contributed by atoms with Gasteiger partial charge in [-0.15, -0.1) is 0 Å². The number of benzene rings is 1. The van der Waals surface area contributed by atoms with Gasteiger partial charge in [-0.05, 0) is 17.5 Å². The van der Waals surface area contributed by atoms with Crippen LogP contribution in [0.5, 0.6) is 0 Å². The van der Waals surface area contributed by atoms with Crippen LogP contribution in [-0.2, 0) is 11.3 Å². The Morgan fingerprint density at radius 1 is 1.30 bits per heavy atom. The van der Waals surface area contributed by atoms with Crippen molar-refractivity contribution < 1.29 is 9.13 Å². The minimum Gasteiger partial charge on any atom is -0.383 e. The van der Waals surface area contributed by atoms with E-state index < -0.39 is 0 Å². The van der Waals surface area contributed by atoms with Crippen molar-refractivity contribution in [2.45, 2.75) is 27.3 Å². The zero-order valence-electron chi connectivity index (χ0n) is 13.3. The zero-order valence-corrected chi connectivity index (χ0v) is 13.3. The minimum atomic E-state index is -0.159. The molecule has 4 heteroatoms. The normalized spacial score (nSPS) is 11.7. The summed E-state index contributed by atoms with van der Waals surface area (Å²) < 4.78 is 19.0. The van der Waals surface area contributed by atoms with Crippen LogP contribution in [-0.4, -0.2) is 33.9 Å². The van der Waals surface area contributed by atoms with E-state index in [1.807, 2.05) is 13.1 Å². The van der Waals surface area contributed by atoms with Crippen LogP contribution in [0.1, 0.15) is 26.3 Å². The maximum atomic E-state index is 14.1. The van der Waals surface area contributed by atoms with Crippen molar-refractivity contribution in [3.63, 3.8) is 0 Å². The lowest BCUT2D eigenvalue weighted by Crippen LogP contribution is -2.31. The first-order chi connectivity index (χ1) is 9.35. The molecule has 1 aromatic carbocycles. The maximum absolute atomic E-state index is 14.1. The first kappa shape index (κ1) is 16.9. The van der Waals surface area contributed by atoms with Crippen molar-refractivity contribution >= 4 is 5.69 Å². The molecule has 0 spiro atoms. The summed E-state index contributed by atoms with van der Waals surface area (Å²) in [6, 6.07) is 5.26. The van der Waals surface area contributed by atoms with Crippen LogP contribution in [0, 0.1) is 11.2 Å². The molecule has 0 radical (unpaired) electrons. The molecule has 0 aromatic heterocycles. The van der Waals surface area contributed by atoms with Gasteiger partial charge in [-0.25, -0.2) is 4.39 Å². The second-order valence-corrected chi connectivity index (χ2v) is 6.32. The Balaban J connectivity index is 2.81. The Kier molecular flexibility index (Phi) is 6.43. The summed E-state index contributed by atoms with van der Waals surface area (Å²) in [5.74, 6) is -0.159. The minimum absolute atomic E-state index is 0.159. The number of nitrogens with zero attached hydrogens (tertiary/aromatic N) is 1. The van der Waals surface area contributed by atoms with Crippen LogP contribution < -0.4 is 10.2 Å². The Labute approximate surface area is 122 Å². The average Bonchev–Trinajstić information content (AvgIpc) is 2.34. The molecule has 0 aliphatic heterocycles. The molecule has 0 saturated heterocycles. The third kappa shape index (κ3) is 5.47. The smallest absolute Gasteiger partial charge is 0.129 e. The molecule has 0 atom stereocenters. The average molecular weight is 282 g/mol. The lowest BCUT2D eigenvalue weighted by Gasteiger charge is -2.30. The van der Waals surface area contributed by atoms with E-state index in [1.165, 1.54) is 6.07 Å². The third-order valence-electron chi connectivity index (χ3n) is 3.00. The first-order valence-corrected chi connectivity index (χ1v) is 7.03. The van der Waals surface area contributed by atoms with E-state index in [0.29, 0.717) is 19.7 Å². The first-order valence-electron chi connectivity index (χ1n) is 7.03. The van der Waals surface area contributed by atoms with Gasteiger partial charge in [0, 0.05) is 45.0 Å². The molecule has 1 N–H and O–H groups in total. The predicted molar refractivity (Wildman–Crippen MR) is 82.7 cm³/mol. The van der Waals surface area contributed by atoms with E-state index in [4.69, 9.17) is 4.74 Å². The lowest BCUT2D eigenvalue weighted by atomic mass is 9.95. The van der Waals surface area contributed by atoms with Crippen molar-refractivity contribution in [1.82, 2.24) is 5.32 Å². The van der Waals surface area contributed by atoms with Gasteiger partial charge in [0.05, 0.1) is 6.61 Å². The molecular formula is C16H27FN2O. The van der Waals surface area contributed by atoms with Crippen LogP contribution in [0.2, 0.25) is 0 Å². The molecule has 0 aliphatic rings. The molecule has 0 saturated carbocycles. The highest BCUT2D eigenvalue weighted by molar-refractivity contribution is 5.53. The maximum Gasteiger partial charge on any atom is 0.129 e. The summed E-state index contributed by atoms with van der Waals surface area (Å²) in [4.78, 5) is 2.12. The SMILES string of the molecule is COCCNCc1c(F)cccc1N(C)CC(C)(C)C. The van der Waals surface area contributed by atoms with Crippen LogP contribution in [0.15, 0.2) is 18.2 Å². The number of nitrogens with one attached hydrogen (secondary N) is 1. The van der Waals surface area contributed by atoms with Gasteiger partial charge in [0.1, 0.15) is 5.82 Å². The standard InChI is InChI=1S/C16H27FN2O/c1-16(2,3)12-19(4)15-8-6-7-14(17)13(15)11-18-9-10-20-5/h6-8,18H,9-12H2,1-5H3. The van der Waals surface area contributed by atoms with Gasteiger partial charge in [-0.2, -0.15) is 0 Å². The van der Waals surface area contributed by atoms with Crippen molar-refractivity contribution in [3.05, 3.63) is 29.6 Å². The molecule has 20 heavy (non-hydrogen) atoms. The number of hydrogen-bond acceptors (Lipinski definition) is 3. The molecule has 0 heterocycles. The second kappa shape index (κ2) is 7.60. The van der Waals surface area contributed by atoms with Gasteiger partial charge in [0.15, 0.2) is 0 Å². The van der Waals surface area contributed by atoms with E-state index in [-0.39, 0.29) is 11.2 Å². The van der Waals surface area contributed by atoms with Gasteiger partial charge in [0.25, 0.3) is 0 Å². The molecule has 1 aromatic rings. The molecule has 0 amide bonds. The van der Waals surface area contributed by atoms with Crippen LogP contribution in [0.25, 0.3) is 0 Å². The van der Waals surface area contributed by atoms with Crippen molar-refractivity contribution in [1.29, 1.82) is 0 Å². The summed E-state index contributed by atoms with van der Waals surface area (Å²) in [5.41, 5.74) is 1.84. The molecular weight excluding hydrogens is 255 g/mol. The van der Waals surface area contributed by atoms with E-state index >= 15 is 0 Å². The third-order valence-corrected chi connectivity index (χ3v) is 3.00. The monoisotopic (exact) mass is 282 g/mol. The Bertz CT molecular complexity index is 415. The Morgan fingerprint density at radius 3 is 2.60 bits per heavy atom. The fraction of sp³-hybridized carbons (Fsp3) is 0.625. The summed E-state index contributed by atoms with van der Waals surface area (Å²) in [6.45, 7) is 9.27. The number of halogens is 1. The van der Waals surface area contributed by atoms with E-state index in [9.17, 15) is 4.39 Å². The van der Waals surface area contributed by atoms with E-state index in [1.54, 1.807) is 13.2 Å². The van der Waals surface area contributed by atoms with Crippen molar-refractivity contribution in [2.75, 3.05) is 38.8 Å². The van der Waals surface area contributed by atoms with Crippen LogP contribution in [0.4, 0.5) is 10.1 Å². The molecule has 0 bridgehead atoms. The molecule has 1 rings (SSSR count). The van der Waals surface area contributed by atoms with Gasteiger partial charge < -0.3 is 15.0 Å².